The zero-order chi connectivity index (χ0) is 17.8. The maximum absolute atomic E-state index is 6.11. The van der Waals surface area contributed by atoms with E-state index < -0.39 is 0 Å². The van der Waals surface area contributed by atoms with Crippen LogP contribution in [-0.4, -0.2) is 38.2 Å². The molecule has 7 nitrogen and oxygen atoms in total. The molecule has 0 aliphatic carbocycles. The molecule has 1 N–H and O–H groups in total. The molecule has 2 heterocycles. The Morgan fingerprint density at radius 3 is 2.92 bits per heavy atom. The van der Waals surface area contributed by atoms with E-state index in [0.717, 1.165) is 24.2 Å². The van der Waals surface area contributed by atoms with Crippen LogP contribution in [0, 0.1) is 0 Å². The fraction of sp³-hybridized carbons (Fsp3) is 0.412. The largest absolute Gasteiger partial charge is 0.332 e. The summed E-state index contributed by atoms with van der Waals surface area (Å²) in [7, 11) is 1.90. The Hall–Kier alpha value is -2.25. The number of likely N-dealkylation sites (N-methyl/N-ethyl adjacent to an activating group) is 1. The van der Waals surface area contributed by atoms with Crippen LogP contribution < -0.4 is 5.32 Å². The summed E-state index contributed by atoms with van der Waals surface area (Å²) < 4.78 is 7.21. The van der Waals surface area contributed by atoms with Crippen molar-refractivity contribution < 1.29 is 4.52 Å². The zero-order valence-electron chi connectivity index (χ0n) is 14.5. The summed E-state index contributed by atoms with van der Waals surface area (Å²) in [6.07, 6.45) is 2.42. The van der Waals surface area contributed by atoms with Gasteiger partial charge in [-0.15, -0.1) is 5.10 Å². The van der Waals surface area contributed by atoms with E-state index in [4.69, 9.17) is 16.1 Å². The first-order valence-electron chi connectivity index (χ1n) is 8.33. The molecule has 1 unspecified atom stereocenters. The molecular formula is C17H21ClN6O. The van der Waals surface area contributed by atoms with E-state index in [1.165, 1.54) is 0 Å². The topological polar surface area (TPSA) is 81.7 Å². The molecule has 0 amide bonds. The molecule has 0 saturated carbocycles. The molecule has 132 valence electrons. The minimum Gasteiger partial charge on any atom is -0.332 e. The molecule has 25 heavy (non-hydrogen) atoms. The highest BCUT2D eigenvalue weighted by molar-refractivity contribution is 6.30. The van der Waals surface area contributed by atoms with Crippen LogP contribution in [0.4, 0.5) is 0 Å². The number of halogens is 1. The van der Waals surface area contributed by atoms with Crippen molar-refractivity contribution in [3.8, 4) is 17.3 Å². The minimum atomic E-state index is 0.266. The van der Waals surface area contributed by atoms with E-state index in [0.29, 0.717) is 28.9 Å². The lowest BCUT2D eigenvalue weighted by atomic mass is 10.2. The van der Waals surface area contributed by atoms with Crippen molar-refractivity contribution in [2.45, 2.75) is 39.2 Å². The Bertz CT molecular complexity index is 843. The number of hydrogen-bond donors (Lipinski definition) is 1. The Morgan fingerprint density at radius 1 is 1.36 bits per heavy atom. The standard InChI is InChI=1S/C17H21ClN6O/c1-4-6-14-16(17-20-15(22-25-17)9-11(2)19-3)21-23-24(14)13-8-5-7-12(18)10-13/h5,7-8,10-11,19H,4,6,9H2,1-3H3. The molecule has 0 aliphatic rings. The summed E-state index contributed by atoms with van der Waals surface area (Å²) in [4.78, 5) is 4.48. The number of nitrogens with zero attached hydrogens (tertiary/aromatic N) is 5. The van der Waals surface area contributed by atoms with Gasteiger partial charge in [-0.1, -0.05) is 41.4 Å². The highest BCUT2D eigenvalue weighted by Gasteiger charge is 2.21. The SMILES string of the molecule is CCCc1c(-c2nc(CC(C)NC)no2)nnn1-c1cccc(Cl)c1. The van der Waals surface area contributed by atoms with Crippen LogP contribution in [0.1, 0.15) is 31.8 Å². The van der Waals surface area contributed by atoms with Gasteiger partial charge in [0, 0.05) is 17.5 Å². The van der Waals surface area contributed by atoms with Gasteiger partial charge in [0.15, 0.2) is 11.5 Å². The van der Waals surface area contributed by atoms with Gasteiger partial charge in [0.05, 0.1) is 11.4 Å². The third-order valence-corrected chi connectivity index (χ3v) is 4.19. The van der Waals surface area contributed by atoms with Crippen LogP contribution in [0.15, 0.2) is 28.8 Å². The van der Waals surface area contributed by atoms with Crippen LogP contribution in [-0.2, 0) is 12.8 Å². The maximum atomic E-state index is 6.11. The van der Waals surface area contributed by atoms with Crippen molar-refractivity contribution in [2.75, 3.05) is 7.05 Å². The van der Waals surface area contributed by atoms with E-state index in [1.807, 2.05) is 31.3 Å². The van der Waals surface area contributed by atoms with Crippen LogP contribution in [0.25, 0.3) is 17.3 Å². The summed E-state index contributed by atoms with van der Waals surface area (Å²) in [5, 5.41) is 16.4. The van der Waals surface area contributed by atoms with Crippen molar-refractivity contribution >= 4 is 11.6 Å². The fourth-order valence-electron chi connectivity index (χ4n) is 2.55. The first-order valence-corrected chi connectivity index (χ1v) is 8.71. The molecule has 3 aromatic rings. The van der Waals surface area contributed by atoms with Crippen molar-refractivity contribution in [3.63, 3.8) is 0 Å². The van der Waals surface area contributed by atoms with E-state index in [2.05, 4.69) is 39.6 Å². The van der Waals surface area contributed by atoms with Crippen LogP contribution in [0.3, 0.4) is 0 Å². The van der Waals surface area contributed by atoms with Crippen LogP contribution in [0.2, 0.25) is 5.02 Å². The lowest BCUT2D eigenvalue weighted by Gasteiger charge is -2.06. The molecular weight excluding hydrogens is 340 g/mol. The predicted octanol–water partition coefficient (Wildman–Crippen LogP) is 3.07. The smallest absolute Gasteiger partial charge is 0.280 e. The van der Waals surface area contributed by atoms with E-state index in [-0.39, 0.29) is 6.04 Å². The molecule has 0 aliphatic heterocycles. The zero-order valence-corrected chi connectivity index (χ0v) is 15.3. The lowest BCUT2D eigenvalue weighted by Crippen LogP contribution is -2.24. The Labute approximate surface area is 151 Å². The number of hydrogen-bond acceptors (Lipinski definition) is 6. The summed E-state index contributed by atoms with van der Waals surface area (Å²) in [6, 6.07) is 7.78. The molecule has 0 fully saturated rings. The molecule has 0 radical (unpaired) electrons. The normalized spacial score (nSPS) is 12.5. The van der Waals surface area contributed by atoms with Crippen LogP contribution >= 0.6 is 11.6 Å². The fourth-order valence-corrected chi connectivity index (χ4v) is 2.74. The van der Waals surface area contributed by atoms with Gasteiger partial charge in [0.2, 0.25) is 0 Å². The summed E-state index contributed by atoms with van der Waals surface area (Å²) in [6.45, 7) is 4.17. The van der Waals surface area contributed by atoms with Crippen molar-refractivity contribution in [1.29, 1.82) is 0 Å². The third-order valence-electron chi connectivity index (χ3n) is 3.95. The molecule has 0 spiro atoms. The van der Waals surface area contributed by atoms with Gasteiger partial charge < -0.3 is 9.84 Å². The van der Waals surface area contributed by atoms with Gasteiger partial charge in [0.25, 0.3) is 5.89 Å². The summed E-state index contributed by atoms with van der Waals surface area (Å²) in [5.74, 6) is 1.05. The van der Waals surface area contributed by atoms with Gasteiger partial charge in [-0.05, 0) is 38.6 Å². The monoisotopic (exact) mass is 360 g/mol. The second-order valence-electron chi connectivity index (χ2n) is 5.94. The summed E-state index contributed by atoms with van der Waals surface area (Å²) in [5.41, 5.74) is 2.41. The predicted molar refractivity (Wildman–Crippen MR) is 95.9 cm³/mol. The second-order valence-corrected chi connectivity index (χ2v) is 6.37. The number of rotatable bonds is 7. The van der Waals surface area contributed by atoms with Crippen LogP contribution in [0.5, 0.6) is 0 Å². The Morgan fingerprint density at radius 2 is 2.20 bits per heavy atom. The van der Waals surface area contributed by atoms with Crippen molar-refractivity contribution in [1.82, 2.24) is 30.5 Å². The molecule has 0 bridgehead atoms. The number of benzene rings is 1. The molecule has 3 rings (SSSR count). The highest BCUT2D eigenvalue weighted by atomic mass is 35.5. The molecule has 8 heteroatoms. The molecule has 2 aromatic heterocycles. The number of nitrogens with one attached hydrogen (secondary N) is 1. The quantitative estimate of drug-likeness (QED) is 0.697. The average molecular weight is 361 g/mol. The molecule has 1 aromatic carbocycles. The van der Waals surface area contributed by atoms with E-state index in [1.54, 1.807) is 4.68 Å². The first-order chi connectivity index (χ1) is 12.1. The maximum Gasteiger partial charge on any atom is 0.280 e. The number of aromatic nitrogens is 5. The lowest BCUT2D eigenvalue weighted by molar-refractivity contribution is 0.416. The molecule has 1 atom stereocenters. The van der Waals surface area contributed by atoms with Gasteiger partial charge >= 0.3 is 0 Å². The van der Waals surface area contributed by atoms with E-state index in [9.17, 15) is 0 Å². The highest BCUT2D eigenvalue weighted by Crippen LogP contribution is 2.24. The van der Waals surface area contributed by atoms with Gasteiger partial charge in [-0.3, -0.25) is 0 Å². The average Bonchev–Trinajstić information content (AvgIpc) is 3.22. The second kappa shape index (κ2) is 7.76. The summed E-state index contributed by atoms with van der Waals surface area (Å²) >= 11 is 6.11. The molecule has 0 saturated heterocycles. The van der Waals surface area contributed by atoms with Gasteiger partial charge in [-0.2, -0.15) is 4.98 Å². The van der Waals surface area contributed by atoms with Gasteiger partial charge in [-0.25, -0.2) is 4.68 Å². The van der Waals surface area contributed by atoms with Crippen molar-refractivity contribution in [3.05, 3.63) is 40.8 Å². The van der Waals surface area contributed by atoms with Crippen molar-refractivity contribution in [2.24, 2.45) is 0 Å². The minimum absolute atomic E-state index is 0.266. The van der Waals surface area contributed by atoms with E-state index >= 15 is 0 Å². The van der Waals surface area contributed by atoms with Gasteiger partial charge in [0.1, 0.15) is 0 Å². The third kappa shape index (κ3) is 3.88. The Kier molecular flexibility index (Phi) is 5.45. The first kappa shape index (κ1) is 17.6. The Balaban J connectivity index is 1.97.